The third-order valence-corrected chi connectivity index (χ3v) is 4.12. The average molecular weight is 217 g/mol. The Bertz CT molecular complexity index is 382. The lowest BCUT2D eigenvalue weighted by molar-refractivity contribution is 0.178. The number of phenols is 1. The highest BCUT2D eigenvalue weighted by molar-refractivity contribution is 5.40. The third-order valence-electron chi connectivity index (χ3n) is 4.12. The van der Waals surface area contributed by atoms with E-state index in [0.717, 1.165) is 19.0 Å². The van der Waals surface area contributed by atoms with Crippen LogP contribution in [0.5, 0.6) is 5.75 Å². The molecule has 1 aromatic carbocycles. The summed E-state index contributed by atoms with van der Waals surface area (Å²) in [5.41, 5.74) is 2.51. The van der Waals surface area contributed by atoms with Gasteiger partial charge in [0, 0.05) is 24.7 Å². The van der Waals surface area contributed by atoms with Crippen molar-refractivity contribution in [3.05, 3.63) is 29.3 Å². The maximum absolute atomic E-state index is 9.89. The van der Waals surface area contributed by atoms with Gasteiger partial charge in [-0.25, -0.2) is 0 Å². The van der Waals surface area contributed by atoms with Crippen molar-refractivity contribution in [1.82, 2.24) is 4.90 Å². The Morgan fingerprint density at radius 3 is 2.81 bits per heavy atom. The Hall–Kier alpha value is -1.02. The van der Waals surface area contributed by atoms with E-state index in [9.17, 15) is 5.11 Å². The van der Waals surface area contributed by atoms with Gasteiger partial charge >= 0.3 is 0 Å². The van der Waals surface area contributed by atoms with E-state index in [1.54, 1.807) is 0 Å². The zero-order valence-corrected chi connectivity index (χ0v) is 9.65. The number of nitrogens with zero attached hydrogens (tertiary/aromatic N) is 1. The number of fused-ring (bicyclic) bond motifs is 1. The van der Waals surface area contributed by atoms with Gasteiger partial charge in [0.15, 0.2) is 0 Å². The lowest BCUT2D eigenvalue weighted by Gasteiger charge is -2.33. The summed E-state index contributed by atoms with van der Waals surface area (Å²) < 4.78 is 0. The van der Waals surface area contributed by atoms with Crippen molar-refractivity contribution in [1.29, 1.82) is 0 Å². The molecule has 0 saturated heterocycles. The Labute approximate surface area is 96.9 Å². The van der Waals surface area contributed by atoms with Crippen LogP contribution >= 0.6 is 0 Å². The van der Waals surface area contributed by atoms with Gasteiger partial charge in [-0.05, 0) is 30.9 Å². The van der Waals surface area contributed by atoms with E-state index in [0.29, 0.717) is 5.75 Å². The maximum atomic E-state index is 9.89. The second kappa shape index (κ2) is 4.10. The van der Waals surface area contributed by atoms with Crippen LogP contribution in [0.2, 0.25) is 0 Å². The van der Waals surface area contributed by atoms with Crippen LogP contribution in [0.4, 0.5) is 0 Å². The second-order valence-corrected chi connectivity index (χ2v) is 5.07. The third kappa shape index (κ3) is 1.71. The standard InChI is InChI=1S/C14H19NO/c16-14-7-3-4-11-8-9-15(10-13(11)14)12-5-1-2-6-12/h3-4,7,12,16H,1-2,5-6,8-10H2. The summed E-state index contributed by atoms with van der Waals surface area (Å²) in [6, 6.07) is 6.70. The van der Waals surface area contributed by atoms with Crippen molar-refractivity contribution >= 4 is 0 Å². The van der Waals surface area contributed by atoms with Crippen LogP contribution in [-0.4, -0.2) is 22.6 Å². The van der Waals surface area contributed by atoms with E-state index >= 15 is 0 Å². The molecule has 1 fully saturated rings. The minimum Gasteiger partial charge on any atom is -0.508 e. The molecular formula is C14H19NO. The van der Waals surface area contributed by atoms with E-state index in [2.05, 4.69) is 11.0 Å². The van der Waals surface area contributed by atoms with Gasteiger partial charge in [0.2, 0.25) is 0 Å². The number of phenolic OH excluding ortho intramolecular Hbond substituents is 1. The first-order chi connectivity index (χ1) is 7.84. The summed E-state index contributed by atoms with van der Waals surface area (Å²) in [6.07, 6.45) is 6.57. The van der Waals surface area contributed by atoms with Crippen molar-refractivity contribution in [2.24, 2.45) is 0 Å². The van der Waals surface area contributed by atoms with Gasteiger partial charge in [-0.3, -0.25) is 4.90 Å². The molecule has 1 heterocycles. The molecule has 1 aliphatic carbocycles. The number of hydrogen-bond acceptors (Lipinski definition) is 2. The van der Waals surface area contributed by atoms with Crippen LogP contribution < -0.4 is 0 Å². The predicted molar refractivity (Wildman–Crippen MR) is 64.5 cm³/mol. The van der Waals surface area contributed by atoms with E-state index in [1.807, 2.05) is 12.1 Å². The molecule has 0 unspecified atom stereocenters. The van der Waals surface area contributed by atoms with Gasteiger partial charge in [0.1, 0.15) is 5.75 Å². The van der Waals surface area contributed by atoms with Gasteiger partial charge < -0.3 is 5.11 Å². The number of benzene rings is 1. The molecule has 0 atom stereocenters. The van der Waals surface area contributed by atoms with E-state index in [1.165, 1.54) is 43.4 Å². The first kappa shape index (κ1) is 10.2. The molecule has 0 spiro atoms. The van der Waals surface area contributed by atoms with Crippen LogP contribution in [0.1, 0.15) is 36.8 Å². The van der Waals surface area contributed by atoms with Crippen LogP contribution in [0.15, 0.2) is 18.2 Å². The molecule has 1 aromatic rings. The molecule has 16 heavy (non-hydrogen) atoms. The monoisotopic (exact) mass is 217 g/mol. The second-order valence-electron chi connectivity index (χ2n) is 5.07. The molecule has 1 aliphatic heterocycles. The van der Waals surface area contributed by atoms with Gasteiger partial charge in [0.25, 0.3) is 0 Å². The molecule has 86 valence electrons. The van der Waals surface area contributed by atoms with Crippen LogP contribution in [0.3, 0.4) is 0 Å². The predicted octanol–water partition coefficient (Wildman–Crippen LogP) is 2.69. The number of aromatic hydroxyl groups is 1. The molecule has 0 aromatic heterocycles. The highest BCUT2D eigenvalue weighted by atomic mass is 16.3. The van der Waals surface area contributed by atoms with Crippen molar-refractivity contribution in [3.8, 4) is 5.75 Å². The zero-order chi connectivity index (χ0) is 11.0. The molecule has 2 nitrogen and oxygen atoms in total. The van der Waals surface area contributed by atoms with Crippen LogP contribution in [0.25, 0.3) is 0 Å². The first-order valence-corrected chi connectivity index (χ1v) is 6.38. The Balaban J connectivity index is 1.82. The molecule has 0 radical (unpaired) electrons. The number of rotatable bonds is 1. The normalized spacial score (nSPS) is 22.2. The van der Waals surface area contributed by atoms with Crippen LogP contribution in [-0.2, 0) is 13.0 Å². The lowest BCUT2D eigenvalue weighted by atomic mass is 9.97. The smallest absolute Gasteiger partial charge is 0.120 e. The Morgan fingerprint density at radius 2 is 2.00 bits per heavy atom. The van der Waals surface area contributed by atoms with Gasteiger partial charge in [-0.1, -0.05) is 25.0 Å². The summed E-state index contributed by atoms with van der Waals surface area (Å²) in [6.45, 7) is 2.12. The van der Waals surface area contributed by atoms with E-state index in [4.69, 9.17) is 0 Å². The van der Waals surface area contributed by atoms with Crippen molar-refractivity contribution < 1.29 is 5.11 Å². The Kier molecular flexibility index (Phi) is 2.60. The van der Waals surface area contributed by atoms with E-state index < -0.39 is 0 Å². The van der Waals surface area contributed by atoms with Gasteiger partial charge in [-0.2, -0.15) is 0 Å². The summed E-state index contributed by atoms with van der Waals surface area (Å²) in [4.78, 5) is 2.56. The minimum atomic E-state index is 0.486. The lowest BCUT2D eigenvalue weighted by Crippen LogP contribution is -2.37. The number of hydrogen-bond donors (Lipinski definition) is 1. The molecular weight excluding hydrogens is 198 g/mol. The van der Waals surface area contributed by atoms with Crippen LogP contribution in [0, 0.1) is 0 Å². The summed E-state index contributed by atoms with van der Waals surface area (Å²) >= 11 is 0. The van der Waals surface area contributed by atoms with Gasteiger partial charge in [0.05, 0.1) is 0 Å². The highest BCUT2D eigenvalue weighted by Crippen LogP contribution is 2.32. The summed E-state index contributed by atoms with van der Waals surface area (Å²) in [7, 11) is 0. The maximum Gasteiger partial charge on any atom is 0.120 e. The van der Waals surface area contributed by atoms with Gasteiger partial charge in [-0.15, -0.1) is 0 Å². The first-order valence-electron chi connectivity index (χ1n) is 6.38. The molecule has 1 saturated carbocycles. The summed E-state index contributed by atoms with van der Waals surface area (Å²) in [5, 5.41) is 9.89. The fourth-order valence-corrected chi connectivity index (χ4v) is 3.17. The largest absolute Gasteiger partial charge is 0.508 e. The topological polar surface area (TPSA) is 23.5 Å². The molecule has 2 aliphatic rings. The minimum absolute atomic E-state index is 0.486. The highest BCUT2D eigenvalue weighted by Gasteiger charge is 2.26. The molecule has 3 rings (SSSR count). The fourth-order valence-electron chi connectivity index (χ4n) is 3.17. The zero-order valence-electron chi connectivity index (χ0n) is 9.65. The van der Waals surface area contributed by atoms with E-state index in [-0.39, 0.29) is 0 Å². The molecule has 1 N–H and O–H groups in total. The molecule has 0 bridgehead atoms. The summed E-state index contributed by atoms with van der Waals surface area (Å²) in [5.74, 6) is 0.486. The fraction of sp³-hybridized carbons (Fsp3) is 0.571. The van der Waals surface area contributed by atoms with Crippen molar-refractivity contribution in [2.45, 2.75) is 44.7 Å². The molecule has 0 amide bonds. The quantitative estimate of drug-likeness (QED) is 0.781. The van der Waals surface area contributed by atoms with Crippen molar-refractivity contribution in [3.63, 3.8) is 0 Å². The molecule has 2 heteroatoms. The van der Waals surface area contributed by atoms with Crippen molar-refractivity contribution in [2.75, 3.05) is 6.54 Å². The average Bonchev–Trinajstić information content (AvgIpc) is 2.83. The Morgan fingerprint density at radius 1 is 1.19 bits per heavy atom. The SMILES string of the molecule is Oc1cccc2c1CN(C1CCCC1)CC2.